The lowest BCUT2D eigenvalue weighted by Crippen LogP contribution is -2.09. The molecule has 0 unspecified atom stereocenters. The van der Waals surface area contributed by atoms with Crippen molar-refractivity contribution < 1.29 is 14.3 Å². The van der Waals surface area contributed by atoms with Gasteiger partial charge in [-0.05, 0) is 30.9 Å². The van der Waals surface area contributed by atoms with Crippen molar-refractivity contribution in [1.29, 1.82) is 0 Å². The fourth-order valence-corrected chi connectivity index (χ4v) is 2.20. The summed E-state index contributed by atoms with van der Waals surface area (Å²) in [6.45, 7) is 0. The number of allylic oxidation sites excluding steroid dienone is 1. The second-order valence-corrected chi connectivity index (χ2v) is 4.10. The summed E-state index contributed by atoms with van der Waals surface area (Å²) in [5.74, 6) is 0.622. The lowest BCUT2D eigenvalue weighted by molar-refractivity contribution is -0.134. The van der Waals surface area contributed by atoms with Crippen molar-refractivity contribution >= 4 is 5.97 Å². The number of methoxy groups -OCH3 is 2. The van der Waals surface area contributed by atoms with E-state index in [9.17, 15) is 4.79 Å². The zero-order valence-electron chi connectivity index (χ0n) is 10.2. The largest absolute Gasteiger partial charge is 0.496 e. The molecule has 1 aromatic carbocycles. The van der Waals surface area contributed by atoms with Crippen LogP contribution in [0.3, 0.4) is 0 Å². The van der Waals surface area contributed by atoms with Crippen molar-refractivity contribution in [2.45, 2.75) is 19.3 Å². The van der Waals surface area contributed by atoms with Crippen LogP contribution in [0.4, 0.5) is 0 Å². The van der Waals surface area contributed by atoms with E-state index in [2.05, 4.69) is 10.8 Å². The Morgan fingerprint density at radius 2 is 2.12 bits per heavy atom. The second-order valence-electron chi connectivity index (χ2n) is 4.10. The molecule has 0 fully saturated rings. The number of benzene rings is 1. The van der Waals surface area contributed by atoms with Gasteiger partial charge in [-0.15, -0.1) is 0 Å². The maximum absolute atomic E-state index is 11.2. The fraction of sp³-hybridized carbons (Fsp3) is 0.357. The summed E-state index contributed by atoms with van der Waals surface area (Å²) >= 11 is 0. The lowest BCUT2D eigenvalue weighted by atomic mass is 9.87. The van der Waals surface area contributed by atoms with Crippen molar-refractivity contribution in [2.24, 2.45) is 0 Å². The van der Waals surface area contributed by atoms with Crippen LogP contribution in [0.15, 0.2) is 29.8 Å². The van der Waals surface area contributed by atoms with Crippen LogP contribution in [0, 0.1) is 0 Å². The summed E-state index contributed by atoms with van der Waals surface area (Å²) in [4.78, 5) is 11.2. The SMILES string of the molecule is COC(=O)/C=C1/CCc2cccc(OC)c2C1. The first-order chi connectivity index (χ1) is 8.24. The Morgan fingerprint density at radius 3 is 2.82 bits per heavy atom. The minimum atomic E-state index is -0.279. The van der Waals surface area contributed by atoms with Gasteiger partial charge in [-0.3, -0.25) is 0 Å². The van der Waals surface area contributed by atoms with Gasteiger partial charge in [-0.25, -0.2) is 4.79 Å². The van der Waals surface area contributed by atoms with Crippen molar-refractivity contribution in [3.63, 3.8) is 0 Å². The molecule has 90 valence electrons. The van der Waals surface area contributed by atoms with Gasteiger partial charge in [0.2, 0.25) is 0 Å². The average molecular weight is 232 g/mol. The van der Waals surface area contributed by atoms with E-state index in [-0.39, 0.29) is 5.97 Å². The van der Waals surface area contributed by atoms with E-state index in [1.54, 1.807) is 13.2 Å². The number of rotatable bonds is 2. The summed E-state index contributed by atoms with van der Waals surface area (Å²) in [5.41, 5.74) is 3.61. The smallest absolute Gasteiger partial charge is 0.330 e. The Kier molecular flexibility index (Phi) is 3.47. The van der Waals surface area contributed by atoms with Crippen LogP contribution in [0.5, 0.6) is 5.75 Å². The van der Waals surface area contributed by atoms with Gasteiger partial charge in [0, 0.05) is 11.6 Å². The molecule has 0 saturated carbocycles. The van der Waals surface area contributed by atoms with Gasteiger partial charge in [0.05, 0.1) is 14.2 Å². The van der Waals surface area contributed by atoms with E-state index in [0.29, 0.717) is 0 Å². The van der Waals surface area contributed by atoms with E-state index in [4.69, 9.17) is 4.74 Å². The van der Waals surface area contributed by atoms with E-state index in [1.165, 1.54) is 18.2 Å². The third-order valence-electron chi connectivity index (χ3n) is 3.09. The highest BCUT2D eigenvalue weighted by Gasteiger charge is 2.17. The van der Waals surface area contributed by atoms with E-state index < -0.39 is 0 Å². The van der Waals surface area contributed by atoms with Crippen molar-refractivity contribution in [1.82, 2.24) is 0 Å². The Morgan fingerprint density at radius 1 is 1.29 bits per heavy atom. The predicted octanol–water partition coefficient (Wildman–Crippen LogP) is 2.28. The molecule has 1 aliphatic carbocycles. The lowest BCUT2D eigenvalue weighted by Gasteiger charge is -2.20. The number of carbonyl (C=O) groups excluding carboxylic acids is 1. The van der Waals surface area contributed by atoms with Crippen LogP contribution in [0.25, 0.3) is 0 Å². The highest BCUT2D eigenvalue weighted by molar-refractivity contribution is 5.82. The molecule has 3 nitrogen and oxygen atoms in total. The predicted molar refractivity (Wildman–Crippen MR) is 65.1 cm³/mol. The topological polar surface area (TPSA) is 35.5 Å². The highest BCUT2D eigenvalue weighted by Crippen LogP contribution is 2.31. The second kappa shape index (κ2) is 5.04. The minimum absolute atomic E-state index is 0.279. The van der Waals surface area contributed by atoms with Gasteiger partial charge < -0.3 is 9.47 Å². The molecule has 1 aromatic rings. The molecule has 3 heteroatoms. The van der Waals surface area contributed by atoms with Crippen molar-refractivity contribution in [2.75, 3.05) is 14.2 Å². The van der Waals surface area contributed by atoms with Gasteiger partial charge in [0.1, 0.15) is 5.75 Å². The number of hydrogen-bond acceptors (Lipinski definition) is 3. The van der Waals surface area contributed by atoms with E-state index >= 15 is 0 Å². The van der Waals surface area contributed by atoms with Gasteiger partial charge >= 0.3 is 5.97 Å². The Bertz CT molecular complexity index is 446. The first-order valence-electron chi connectivity index (χ1n) is 5.66. The van der Waals surface area contributed by atoms with Gasteiger partial charge in [-0.2, -0.15) is 0 Å². The molecule has 0 amide bonds. The molecule has 0 bridgehead atoms. The molecule has 2 rings (SSSR count). The zero-order chi connectivity index (χ0) is 12.3. The Balaban J connectivity index is 2.28. The zero-order valence-corrected chi connectivity index (χ0v) is 10.2. The Labute approximate surface area is 101 Å². The molecule has 0 aliphatic heterocycles. The minimum Gasteiger partial charge on any atom is -0.496 e. The normalized spacial score (nSPS) is 16.5. The summed E-state index contributed by atoms with van der Waals surface area (Å²) < 4.78 is 10.00. The first kappa shape index (κ1) is 11.7. The molecule has 0 saturated heterocycles. The number of aryl methyl sites for hydroxylation is 1. The maximum atomic E-state index is 11.2. The molecular formula is C14H16O3. The molecule has 0 spiro atoms. The number of hydrogen-bond donors (Lipinski definition) is 0. The molecule has 0 N–H and O–H groups in total. The number of fused-ring (bicyclic) bond motifs is 1. The van der Waals surface area contributed by atoms with Gasteiger partial charge in [0.25, 0.3) is 0 Å². The molecule has 0 heterocycles. The van der Waals surface area contributed by atoms with Crippen LogP contribution in [-0.2, 0) is 22.4 Å². The quantitative estimate of drug-likeness (QED) is 0.579. The molecule has 17 heavy (non-hydrogen) atoms. The first-order valence-corrected chi connectivity index (χ1v) is 5.66. The number of carbonyl (C=O) groups is 1. The average Bonchev–Trinajstić information content (AvgIpc) is 2.37. The third kappa shape index (κ3) is 2.49. The molecule has 0 radical (unpaired) electrons. The highest BCUT2D eigenvalue weighted by atomic mass is 16.5. The summed E-state index contributed by atoms with van der Waals surface area (Å²) in [5, 5.41) is 0. The monoisotopic (exact) mass is 232 g/mol. The van der Waals surface area contributed by atoms with E-state index in [1.807, 2.05) is 12.1 Å². The van der Waals surface area contributed by atoms with Crippen molar-refractivity contribution in [3.8, 4) is 5.75 Å². The van der Waals surface area contributed by atoms with Crippen molar-refractivity contribution in [3.05, 3.63) is 41.0 Å². The summed E-state index contributed by atoms with van der Waals surface area (Å²) in [7, 11) is 3.07. The van der Waals surface area contributed by atoms with Crippen LogP contribution in [0.2, 0.25) is 0 Å². The molecule has 0 atom stereocenters. The molecular weight excluding hydrogens is 216 g/mol. The van der Waals surface area contributed by atoms with Gasteiger partial charge in [0.15, 0.2) is 0 Å². The summed E-state index contributed by atoms with van der Waals surface area (Å²) in [6.07, 6.45) is 4.23. The summed E-state index contributed by atoms with van der Waals surface area (Å²) in [6, 6.07) is 6.08. The van der Waals surface area contributed by atoms with Crippen LogP contribution in [0.1, 0.15) is 17.5 Å². The van der Waals surface area contributed by atoms with Crippen LogP contribution >= 0.6 is 0 Å². The third-order valence-corrected chi connectivity index (χ3v) is 3.09. The van der Waals surface area contributed by atoms with Gasteiger partial charge in [-0.1, -0.05) is 17.7 Å². The van der Waals surface area contributed by atoms with Crippen LogP contribution < -0.4 is 4.74 Å². The van der Waals surface area contributed by atoms with Crippen LogP contribution in [-0.4, -0.2) is 20.2 Å². The Hall–Kier alpha value is -1.77. The number of esters is 1. The maximum Gasteiger partial charge on any atom is 0.330 e. The molecule has 0 aromatic heterocycles. The molecule has 1 aliphatic rings. The fourth-order valence-electron chi connectivity index (χ4n) is 2.20. The standard InChI is InChI=1S/C14H16O3/c1-16-13-5-3-4-11-7-6-10(8-12(11)13)9-14(15)17-2/h3-5,9H,6-8H2,1-2H3/b10-9-. The van der Waals surface area contributed by atoms with E-state index in [0.717, 1.165) is 30.6 Å². The number of ether oxygens (including phenoxy) is 2.